The normalized spacial score (nSPS) is 17.1. The molecule has 2 heterocycles. The molecule has 0 fully saturated rings. The summed E-state index contributed by atoms with van der Waals surface area (Å²) in [5, 5.41) is 7.43. The summed E-state index contributed by atoms with van der Waals surface area (Å²) in [5.41, 5.74) is 1.68. The van der Waals surface area contributed by atoms with Gasteiger partial charge in [0.15, 0.2) is 0 Å². The molecule has 0 saturated heterocycles. The number of carbonyl (C=O) groups excluding carboxylic acids is 2. The van der Waals surface area contributed by atoms with Crippen LogP contribution in [0.2, 0.25) is 0 Å². The fraction of sp³-hybridized carbons (Fsp3) is 0.233. The molecule has 3 aromatic carbocycles. The maximum atomic E-state index is 14.3. The Hall–Kier alpha value is -4.47. The maximum Gasteiger partial charge on any atom is 0.416 e. The zero-order valence-electron chi connectivity index (χ0n) is 22.0. The number of nitrogens with one attached hydrogen (secondary N) is 1. The number of carbonyl (C=O) groups is 2. The summed E-state index contributed by atoms with van der Waals surface area (Å²) < 4.78 is 55.9. The van der Waals surface area contributed by atoms with Crippen LogP contribution in [-0.4, -0.2) is 34.2 Å². The molecule has 0 aliphatic carbocycles. The molecule has 40 heavy (non-hydrogen) atoms. The van der Waals surface area contributed by atoms with Gasteiger partial charge in [-0.15, -0.1) is 0 Å². The average Bonchev–Trinajstić information content (AvgIpc) is 3.27. The van der Waals surface area contributed by atoms with E-state index in [0.717, 1.165) is 23.9 Å². The maximum absolute atomic E-state index is 14.3. The molecule has 0 bridgehead atoms. The number of fused-ring (bicyclic) bond motifs is 1. The highest BCUT2D eigenvalue weighted by molar-refractivity contribution is 6.05. The van der Waals surface area contributed by atoms with Crippen LogP contribution in [0.15, 0.2) is 72.8 Å². The van der Waals surface area contributed by atoms with Crippen LogP contribution >= 0.6 is 0 Å². The molecule has 0 radical (unpaired) electrons. The van der Waals surface area contributed by atoms with Gasteiger partial charge in [-0.3, -0.25) is 14.5 Å². The molecule has 2 unspecified atom stereocenters. The van der Waals surface area contributed by atoms with Crippen molar-refractivity contribution in [2.45, 2.75) is 38.9 Å². The van der Waals surface area contributed by atoms with Gasteiger partial charge >= 0.3 is 6.18 Å². The van der Waals surface area contributed by atoms with Gasteiger partial charge in [-0.05, 0) is 68.3 Å². The van der Waals surface area contributed by atoms with Gasteiger partial charge in [-0.2, -0.15) is 18.3 Å². The van der Waals surface area contributed by atoms with Gasteiger partial charge in [-0.25, -0.2) is 9.07 Å². The molecule has 2 atom stereocenters. The number of halogens is 4. The molecule has 10 heteroatoms. The highest BCUT2D eigenvalue weighted by atomic mass is 19.4. The van der Waals surface area contributed by atoms with Gasteiger partial charge < -0.3 is 5.32 Å². The Morgan fingerprint density at radius 3 is 2.38 bits per heavy atom. The standard InChI is InChI=1S/C30H26F4N4O2/c1-4-37-28-24(18(3)36-38(28)22-11-6-5-7-12-22)25(19-13-14-23(31)17(2)15-19)26(29(37)40)35-27(39)20-9-8-10-21(16-20)30(32,33)34/h5-16,25-26H,4H2,1-3H3,(H,35,39). The fourth-order valence-corrected chi connectivity index (χ4v) is 5.21. The van der Waals surface area contributed by atoms with Crippen molar-refractivity contribution >= 4 is 17.6 Å². The molecular formula is C30H26F4N4O2. The van der Waals surface area contributed by atoms with E-state index in [4.69, 9.17) is 5.10 Å². The molecule has 206 valence electrons. The number of benzene rings is 3. The van der Waals surface area contributed by atoms with Crippen LogP contribution in [0.4, 0.5) is 23.4 Å². The number of hydrogen-bond donors (Lipinski definition) is 1. The van der Waals surface area contributed by atoms with E-state index in [9.17, 15) is 27.2 Å². The van der Waals surface area contributed by atoms with E-state index in [1.54, 1.807) is 37.6 Å². The van der Waals surface area contributed by atoms with E-state index in [2.05, 4.69) is 5.32 Å². The van der Waals surface area contributed by atoms with Crippen molar-refractivity contribution < 1.29 is 27.2 Å². The van der Waals surface area contributed by atoms with E-state index in [1.807, 2.05) is 30.3 Å². The summed E-state index contributed by atoms with van der Waals surface area (Å²) in [6.45, 7) is 5.42. The Morgan fingerprint density at radius 2 is 1.73 bits per heavy atom. The number of rotatable bonds is 5. The Labute approximate surface area is 228 Å². The predicted octanol–water partition coefficient (Wildman–Crippen LogP) is 5.94. The molecule has 5 rings (SSSR count). The van der Waals surface area contributed by atoms with Crippen molar-refractivity contribution in [3.05, 3.63) is 112 Å². The summed E-state index contributed by atoms with van der Waals surface area (Å²) in [6.07, 6.45) is -4.64. The van der Waals surface area contributed by atoms with Crippen LogP contribution in [0.3, 0.4) is 0 Å². The van der Waals surface area contributed by atoms with Gasteiger partial charge in [0, 0.05) is 23.6 Å². The average molecular weight is 551 g/mol. The molecule has 1 aromatic heterocycles. The van der Waals surface area contributed by atoms with E-state index in [0.29, 0.717) is 28.2 Å². The lowest BCUT2D eigenvalue weighted by Gasteiger charge is -2.38. The Kier molecular flexibility index (Phi) is 6.95. The second kappa shape index (κ2) is 10.3. The van der Waals surface area contributed by atoms with Gasteiger partial charge in [-0.1, -0.05) is 36.4 Å². The molecule has 6 nitrogen and oxygen atoms in total. The number of para-hydroxylation sites is 1. The molecule has 2 amide bonds. The van der Waals surface area contributed by atoms with Crippen LogP contribution in [0, 0.1) is 19.7 Å². The van der Waals surface area contributed by atoms with Crippen molar-refractivity contribution in [2.75, 3.05) is 11.4 Å². The Morgan fingerprint density at radius 1 is 1.00 bits per heavy atom. The Bertz CT molecular complexity index is 1600. The summed E-state index contributed by atoms with van der Waals surface area (Å²) in [6, 6.07) is 16.6. The van der Waals surface area contributed by atoms with Crippen molar-refractivity contribution in [1.29, 1.82) is 0 Å². The van der Waals surface area contributed by atoms with Crippen LogP contribution in [-0.2, 0) is 11.0 Å². The number of amides is 2. The third kappa shape index (κ3) is 4.74. The quantitative estimate of drug-likeness (QED) is 0.313. The lowest BCUT2D eigenvalue weighted by molar-refractivity contribution is -0.137. The SMILES string of the molecule is CCN1C(=O)C(NC(=O)c2cccc(C(F)(F)F)c2)C(c2ccc(F)c(C)c2)c2c(C)nn(-c3ccccc3)c21. The summed E-state index contributed by atoms with van der Waals surface area (Å²) in [5.74, 6) is -1.98. The monoisotopic (exact) mass is 550 g/mol. The van der Waals surface area contributed by atoms with Crippen molar-refractivity contribution in [3.63, 3.8) is 0 Å². The molecule has 1 aliphatic heterocycles. The summed E-state index contributed by atoms with van der Waals surface area (Å²) >= 11 is 0. The molecular weight excluding hydrogens is 524 g/mol. The number of hydrogen-bond acceptors (Lipinski definition) is 3. The number of anilines is 1. The first-order valence-corrected chi connectivity index (χ1v) is 12.7. The van der Waals surface area contributed by atoms with E-state index in [-0.39, 0.29) is 12.1 Å². The highest BCUT2D eigenvalue weighted by Gasteiger charge is 2.45. The van der Waals surface area contributed by atoms with Crippen molar-refractivity contribution in [2.24, 2.45) is 0 Å². The zero-order valence-corrected chi connectivity index (χ0v) is 22.0. The van der Waals surface area contributed by atoms with Crippen LogP contribution in [0.1, 0.15) is 51.1 Å². The third-order valence-corrected chi connectivity index (χ3v) is 7.11. The Balaban J connectivity index is 1.67. The minimum absolute atomic E-state index is 0.234. The molecule has 4 aromatic rings. The van der Waals surface area contributed by atoms with E-state index >= 15 is 0 Å². The summed E-state index contributed by atoms with van der Waals surface area (Å²) in [4.78, 5) is 28.9. The predicted molar refractivity (Wildman–Crippen MR) is 142 cm³/mol. The smallest absolute Gasteiger partial charge is 0.339 e. The van der Waals surface area contributed by atoms with Crippen LogP contribution in [0.25, 0.3) is 5.69 Å². The lowest BCUT2D eigenvalue weighted by atomic mass is 9.80. The third-order valence-electron chi connectivity index (χ3n) is 7.11. The first-order valence-electron chi connectivity index (χ1n) is 12.7. The first kappa shape index (κ1) is 27.1. The zero-order chi connectivity index (χ0) is 28.8. The highest BCUT2D eigenvalue weighted by Crippen LogP contribution is 2.43. The van der Waals surface area contributed by atoms with Gasteiger partial charge in [0.2, 0.25) is 0 Å². The first-order chi connectivity index (χ1) is 19.0. The number of alkyl halides is 3. The summed E-state index contributed by atoms with van der Waals surface area (Å²) in [7, 11) is 0. The fourth-order valence-electron chi connectivity index (χ4n) is 5.21. The minimum Gasteiger partial charge on any atom is -0.339 e. The molecule has 0 saturated carbocycles. The molecule has 0 spiro atoms. The molecule has 1 aliphatic rings. The van der Waals surface area contributed by atoms with Crippen LogP contribution < -0.4 is 10.2 Å². The van der Waals surface area contributed by atoms with Crippen molar-refractivity contribution in [3.8, 4) is 5.69 Å². The van der Waals surface area contributed by atoms with E-state index < -0.39 is 41.3 Å². The van der Waals surface area contributed by atoms with E-state index in [1.165, 1.54) is 17.0 Å². The number of aromatic nitrogens is 2. The second-order valence-electron chi connectivity index (χ2n) is 9.67. The number of likely N-dealkylation sites (N-methyl/N-ethyl adjacent to an activating group) is 1. The van der Waals surface area contributed by atoms with Gasteiger partial charge in [0.1, 0.15) is 17.7 Å². The largest absolute Gasteiger partial charge is 0.416 e. The van der Waals surface area contributed by atoms with Gasteiger partial charge in [0.25, 0.3) is 11.8 Å². The number of nitrogens with zero attached hydrogens (tertiary/aromatic N) is 3. The molecule has 1 N–H and O–H groups in total. The number of aryl methyl sites for hydroxylation is 2. The van der Waals surface area contributed by atoms with Crippen LogP contribution in [0.5, 0.6) is 0 Å². The minimum atomic E-state index is -4.64. The second-order valence-corrected chi connectivity index (χ2v) is 9.67. The van der Waals surface area contributed by atoms with Gasteiger partial charge in [0.05, 0.1) is 16.9 Å². The van der Waals surface area contributed by atoms with Crippen molar-refractivity contribution in [1.82, 2.24) is 15.1 Å². The lowest BCUT2D eigenvalue weighted by Crippen LogP contribution is -2.55. The topological polar surface area (TPSA) is 67.2 Å².